The molecule has 2 rings (SSSR count). The Morgan fingerprint density at radius 2 is 0.929 bits per heavy atom. The van der Waals surface area contributed by atoms with Gasteiger partial charge in [-0.25, -0.2) is 5.84 Å². The standard InChI is InChI=1S/C37H60N2O3/c1-34(2,3)27-19-25(20-28(32(27)41)35(4,5)6)17-13-15-24(23-31(40)39-38)16-14-18-26-21-29(36(7,8)9)33(42)30(22-26)37(10,11)12/h19-22,24,41-42H,13-18,23,38H2,1-12H3,(H,39,40). The fraction of sp³-hybridized carbons (Fsp3) is 0.649. The molecule has 0 aromatic heterocycles. The Morgan fingerprint density at radius 3 is 1.17 bits per heavy atom. The van der Waals surface area contributed by atoms with Crippen molar-refractivity contribution in [1.29, 1.82) is 0 Å². The van der Waals surface area contributed by atoms with Crippen molar-refractivity contribution in [3.05, 3.63) is 57.6 Å². The largest absolute Gasteiger partial charge is 0.507 e. The van der Waals surface area contributed by atoms with Crippen LogP contribution in [0.4, 0.5) is 0 Å². The highest BCUT2D eigenvalue weighted by atomic mass is 16.3. The number of hydrogen-bond acceptors (Lipinski definition) is 4. The third kappa shape index (κ3) is 9.76. The van der Waals surface area contributed by atoms with E-state index >= 15 is 0 Å². The maximum Gasteiger partial charge on any atom is 0.234 e. The molecule has 1 amide bonds. The van der Waals surface area contributed by atoms with Crippen LogP contribution in [-0.4, -0.2) is 16.1 Å². The van der Waals surface area contributed by atoms with Crippen LogP contribution in [0, 0.1) is 5.92 Å². The highest BCUT2D eigenvalue weighted by molar-refractivity contribution is 5.75. The second-order valence-electron chi connectivity index (χ2n) is 16.5. The monoisotopic (exact) mass is 580 g/mol. The third-order valence-electron chi connectivity index (χ3n) is 8.36. The molecule has 0 heterocycles. The van der Waals surface area contributed by atoms with Crippen LogP contribution in [0.2, 0.25) is 0 Å². The molecule has 0 spiro atoms. The third-order valence-corrected chi connectivity index (χ3v) is 8.36. The van der Waals surface area contributed by atoms with Gasteiger partial charge in [-0.3, -0.25) is 10.2 Å². The zero-order valence-electron chi connectivity index (χ0n) is 28.7. The van der Waals surface area contributed by atoms with Crippen molar-refractivity contribution < 1.29 is 15.0 Å². The summed E-state index contributed by atoms with van der Waals surface area (Å²) in [6, 6.07) is 8.65. The summed E-state index contributed by atoms with van der Waals surface area (Å²) in [6.07, 6.45) is 6.00. The number of phenolic OH excluding ortho intramolecular Hbond substituents is 2. The number of hydrogen-bond donors (Lipinski definition) is 4. The maximum absolute atomic E-state index is 12.3. The zero-order chi connectivity index (χ0) is 32.3. The van der Waals surface area contributed by atoms with Crippen molar-refractivity contribution >= 4 is 5.91 Å². The van der Waals surface area contributed by atoms with E-state index in [9.17, 15) is 15.0 Å². The van der Waals surface area contributed by atoms with E-state index in [-0.39, 0.29) is 33.5 Å². The molecule has 5 heteroatoms. The van der Waals surface area contributed by atoms with Gasteiger partial charge in [0.05, 0.1) is 0 Å². The van der Waals surface area contributed by atoms with E-state index in [1.54, 1.807) is 0 Å². The Balaban J connectivity index is 2.21. The molecule has 0 atom stereocenters. The summed E-state index contributed by atoms with van der Waals surface area (Å²) in [5.41, 5.74) is 8.12. The molecule has 0 radical (unpaired) electrons. The van der Waals surface area contributed by atoms with Gasteiger partial charge in [-0.2, -0.15) is 0 Å². The molecule has 5 N–H and O–H groups in total. The molecule has 0 aliphatic carbocycles. The Hall–Kier alpha value is -2.53. The fourth-order valence-corrected chi connectivity index (χ4v) is 5.82. The van der Waals surface area contributed by atoms with Gasteiger partial charge < -0.3 is 10.2 Å². The average Bonchev–Trinajstić information content (AvgIpc) is 2.82. The van der Waals surface area contributed by atoms with Crippen LogP contribution in [0.1, 0.15) is 149 Å². The van der Waals surface area contributed by atoms with Gasteiger partial charge in [0, 0.05) is 6.42 Å². The summed E-state index contributed by atoms with van der Waals surface area (Å²) in [7, 11) is 0. The molecule has 2 aromatic carbocycles. The van der Waals surface area contributed by atoms with Gasteiger partial charge in [0.25, 0.3) is 0 Å². The quantitative estimate of drug-likeness (QED) is 0.128. The summed E-state index contributed by atoms with van der Waals surface area (Å²) in [5.74, 6) is 6.41. The Labute approximate surface area is 256 Å². The molecule has 0 aliphatic rings. The van der Waals surface area contributed by atoms with Crippen LogP contribution in [-0.2, 0) is 39.3 Å². The zero-order valence-corrected chi connectivity index (χ0v) is 28.7. The summed E-state index contributed by atoms with van der Waals surface area (Å²) in [4.78, 5) is 12.3. The smallest absolute Gasteiger partial charge is 0.234 e. The highest BCUT2D eigenvalue weighted by Gasteiger charge is 2.28. The summed E-state index contributed by atoms with van der Waals surface area (Å²) < 4.78 is 0. The lowest BCUT2D eigenvalue weighted by molar-refractivity contribution is -0.122. The SMILES string of the molecule is CC(C)(C)c1cc(CCCC(CCCc2cc(C(C)(C)C)c(O)c(C(C)(C)C)c2)CC(=O)NN)cc(C(C)(C)C)c1O. The van der Waals surface area contributed by atoms with Gasteiger partial charge in [-0.15, -0.1) is 0 Å². The number of amides is 1. The van der Waals surface area contributed by atoms with Crippen molar-refractivity contribution in [2.75, 3.05) is 0 Å². The number of carbonyl (C=O) groups is 1. The van der Waals surface area contributed by atoms with Crippen molar-refractivity contribution in [1.82, 2.24) is 5.43 Å². The van der Waals surface area contributed by atoms with Crippen LogP contribution in [0.3, 0.4) is 0 Å². The Morgan fingerprint density at radius 1 is 0.643 bits per heavy atom. The number of nitrogens with one attached hydrogen (secondary N) is 1. The topological polar surface area (TPSA) is 95.6 Å². The highest BCUT2D eigenvalue weighted by Crippen LogP contribution is 2.41. The van der Waals surface area contributed by atoms with Crippen molar-refractivity contribution in [3.63, 3.8) is 0 Å². The molecule has 0 saturated heterocycles. The van der Waals surface area contributed by atoms with Crippen LogP contribution in [0.15, 0.2) is 24.3 Å². The predicted octanol–water partition coefficient (Wildman–Crippen LogP) is 8.63. The molecule has 0 unspecified atom stereocenters. The number of aryl methyl sites for hydroxylation is 2. The lowest BCUT2D eigenvalue weighted by atomic mass is 9.77. The van der Waals surface area contributed by atoms with Gasteiger partial charge in [0.2, 0.25) is 5.91 Å². The summed E-state index contributed by atoms with van der Waals surface area (Å²) in [5, 5.41) is 22.2. The van der Waals surface area contributed by atoms with Crippen LogP contribution in [0.5, 0.6) is 11.5 Å². The first-order valence-electron chi connectivity index (χ1n) is 15.8. The first-order chi connectivity index (χ1) is 19.1. The molecular weight excluding hydrogens is 520 g/mol. The lowest BCUT2D eigenvalue weighted by Gasteiger charge is -2.28. The van der Waals surface area contributed by atoms with E-state index < -0.39 is 0 Å². The van der Waals surface area contributed by atoms with E-state index in [4.69, 9.17) is 5.84 Å². The first-order valence-corrected chi connectivity index (χ1v) is 15.8. The minimum Gasteiger partial charge on any atom is -0.507 e. The van der Waals surface area contributed by atoms with Crippen LogP contribution in [0.25, 0.3) is 0 Å². The number of benzene rings is 2. The number of carbonyl (C=O) groups excluding carboxylic acids is 1. The van der Waals surface area contributed by atoms with Gasteiger partial charge in [0.15, 0.2) is 0 Å². The summed E-state index contributed by atoms with van der Waals surface area (Å²) in [6.45, 7) is 25.7. The molecule has 2 aromatic rings. The van der Waals surface area contributed by atoms with Gasteiger partial charge in [-0.05, 0) is 99.5 Å². The van der Waals surface area contributed by atoms with Crippen LogP contribution < -0.4 is 11.3 Å². The minimum absolute atomic E-state index is 0.121. The predicted molar refractivity (Wildman–Crippen MR) is 177 cm³/mol. The number of nitrogens with two attached hydrogens (primary N) is 1. The Kier molecular flexibility index (Phi) is 11.4. The van der Waals surface area contributed by atoms with E-state index in [0.29, 0.717) is 17.9 Å². The minimum atomic E-state index is -0.157. The number of aromatic hydroxyl groups is 2. The van der Waals surface area contributed by atoms with Gasteiger partial charge in [0.1, 0.15) is 11.5 Å². The molecule has 42 heavy (non-hydrogen) atoms. The number of rotatable bonds is 10. The Bertz CT molecular complexity index is 1060. The molecule has 0 bridgehead atoms. The van der Waals surface area contributed by atoms with Crippen LogP contribution >= 0.6 is 0 Å². The van der Waals surface area contributed by atoms with E-state index in [1.165, 1.54) is 11.1 Å². The molecule has 0 fully saturated rings. The van der Waals surface area contributed by atoms with Gasteiger partial charge >= 0.3 is 0 Å². The van der Waals surface area contributed by atoms with E-state index in [2.05, 4.69) is 113 Å². The number of phenols is 2. The van der Waals surface area contributed by atoms with E-state index in [1.807, 2.05) is 0 Å². The molecule has 236 valence electrons. The van der Waals surface area contributed by atoms with Crippen molar-refractivity contribution in [2.24, 2.45) is 11.8 Å². The second-order valence-corrected chi connectivity index (χ2v) is 16.5. The number of hydrazine groups is 1. The average molecular weight is 581 g/mol. The first kappa shape index (κ1) is 35.7. The second kappa shape index (κ2) is 13.4. The lowest BCUT2D eigenvalue weighted by Crippen LogP contribution is -2.31. The van der Waals surface area contributed by atoms with Crippen molar-refractivity contribution in [2.45, 2.75) is 150 Å². The molecule has 5 nitrogen and oxygen atoms in total. The van der Waals surface area contributed by atoms with E-state index in [0.717, 1.165) is 60.8 Å². The van der Waals surface area contributed by atoms with Crippen molar-refractivity contribution in [3.8, 4) is 11.5 Å². The fourth-order valence-electron chi connectivity index (χ4n) is 5.82. The van der Waals surface area contributed by atoms with Gasteiger partial charge in [-0.1, -0.05) is 107 Å². The molecule has 0 saturated carbocycles. The summed E-state index contributed by atoms with van der Waals surface area (Å²) >= 11 is 0. The molecule has 0 aliphatic heterocycles. The molecular formula is C37H60N2O3. The maximum atomic E-state index is 12.3. The normalized spacial score (nSPS) is 13.1.